The van der Waals surface area contributed by atoms with Crippen LogP contribution in [-0.2, 0) is 6.54 Å². The van der Waals surface area contributed by atoms with Crippen LogP contribution in [0.15, 0.2) is 59.7 Å². The summed E-state index contributed by atoms with van der Waals surface area (Å²) in [6.45, 7) is 2.02. The number of aromatic nitrogens is 2. The molecule has 0 bridgehead atoms. The van der Waals surface area contributed by atoms with Crippen LogP contribution in [0.25, 0.3) is 10.2 Å². The molecule has 4 rings (SSSR count). The van der Waals surface area contributed by atoms with E-state index in [9.17, 15) is 9.59 Å². The topological polar surface area (TPSA) is 70.4 Å². The summed E-state index contributed by atoms with van der Waals surface area (Å²) in [7, 11) is 1.56. The molecule has 0 saturated carbocycles. The van der Waals surface area contributed by atoms with E-state index in [1.165, 1.54) is 10.9 Å². The molecule has 30 heavy (non-hydrogen) atoms. The Kier molecular flexibility index (Phi) is 5.57. The van der Waals surface area contributed by atoms with E-state index < -0.39 is 5.97 Å². The zero-order valence-electron chi connectivity index (χ0n) is 16.2. The number of nitrogens with zero attached hydrogens (tertiary/aromatic N) is 2. The predicted octanol–water partition coefficient (Wildman–Crippen LogP) is 4.70. The van der Waals surface area contributed by atoms with Crippen LogP contribution in [0.5, 0.6) is 11.5 Å². The molecule has 4 aromatic rings. The SMILES string of the molecule is COc1ccc(OC(=O)c2sc3ncn(Cc4ccccc4Cl)c(=O)c3c2C)cc1. The van der Waals surface area contributed by atoms with E-state index in [1.807, 2.05) is 18.2 Å². The van der Waals surface area contributed by atoms with E-state index in [0.717, 1.165) is 16.9 Å². The normalized spacial score (nSPS) is 10.9. The van der Waals surface area contributed by atoms with Gasteiger partial charge in [-0.3, -0.25) is 9.36 Å². The van der Waals surface area contributed by atoms with Gasteiger partial charge in [-0.1, -0.05) is 29.8 Å². The number of carbonyl (C=O) groups excluding carboxylic acids is 1. The molecule has 0 saturated heterocycles. The first-order valence-electron chi connectivity index (χ1n) is 9.06. The van der Waals surface area contributed by atoms with Crippen LogP contribution in [0.1, 0.15) is 20.8 Å². The van der Waals surface area contributed by atoms with E-state index in [1.54, 1.807) is 44.4 Å². The van der Waals surface area contributed by atoms with Crippen molar-refractivity contribution in [2.45, 2.75) is 13.5 Å². The number of hydrogen-bond acceptors (Lipinski definition) is 6. The Hall–Kier alpha value is -3.16. The number of halogens is 1. The zero-order valence-corrected chi connectivity index (χ0v) is 17.8. The zero-order chi connectivity index (χ0) is 21.3. The van der Waals surface area contributed by atoms with Gasteiger partial charge in [-0.25, -0.2) is 9.78 Å². The van der Waals surface area contributed by atoms with Gasteiger partial charge in [-0.2, -0.15) is 0 Å². The van der Waals surface area contributed by atoms with Crippen LogP contribution in [-0.4, -0.2) is 22.6 Å². The molecule has 0 aliphatic carbocycles. The van der Waals surface area contributed by atoms with Gasteiger partial charge in [-0.05, 0) is 48.4 Å². The van der Waals surface area contributed by atoms with Gasteiger partial charge in [0.15, 0.2) is 0 Å². The smallest absolute Gasteiger partial charge is 0.354 e. The highest BCUT2D eigenvalue weighted by atomic mass is 35.5. The third-order valence-electron chi connectivity index (χ3n) is 4.67. The van der Waals surface area contributed by atoms with Gasteiger partial charge in [0.1, 0.15) is 21.2 Å². The lowest BCUT2D eigenvalue weighted by atomic mass is 10.2. The Bertz CT molecular complexity index is 1290. The minimum Gasteiger partial charge on any atom is -0.497 e. The first kappa shape index (κ1) is 20.1. The van der Waals surface area contributed by atoms with Crippen LogP contribution in [0, 0.1) is 6.92 Å². The van der Waals surface area contributed by atoms with Crippen LogP contribution in [0.2, 0.25) is 5.02 Å². The molecule has 0 aliphatic heterocycles. The number of rotatable bonds is 5. The molecular formula is C22H17ClN2O4S. The van der Waals surface area contributed by atoms with Crippen LogP contribution < -0.4 is 15.0 Å². The molecular weight excluding hydrogens is 424 g/mol. The highest BCUT2D eigenvalue weighted by molar-refractivity contribution is 7.20. The lowest BCUT2D eigenvalue weighted by molar-refractivity contribution is 0.0739. The maximum Gasteiger partial charge on any atom is 0.354 e. The Labute approximate surface area is 181 Å². The molecule has 0 spiro atoms. The fourth-order valence-corrected chi connectivity index (χ4v) is 4.29. The number of fused-ring (bicyclic) bond motifs is 1. The van der Waals surface area contributed by atoms with Crippen molar-refractivity contribution in [3.05, 3.63) is 86.2 Å². The third kappa shape index (κ3) is 3.81. The van der Waals surface area contributed by atoms with Crippen LogP contribution >= 0.6 is 22.9 Å². The number of aryl methyl sites for hydroxylation is 1. The second-order valence-electron chi connectivity index (χ2n) is 6.57. The van der Waals surface area contributed by atoms with Crippen LogP contribution in [0.4, 0.5) is 0 Å². The number of hydrogen-bond donors (Lipinski definition) is 0. The fraction of sp³-hybridized carbons (Fsp3) is 0.136. The number of benzene rings is 2. The molecule has 0 aliphatic rings. The molecule has 2 heterocycles. The van der Waals surface area contributed by atoms with E-state index in [2.05, 4.69) is 4.98 Å². The fourth-order valence-electron chi connectivity index (χ4n) is 3.07. The summed E-state index contributed by atoms with van der Waals surface area (Å²) in [6, 6.07) is 14.0. The van der Waals surface area contributed by atoms with Gasteiger partial charge < -0.3 is 9.47 Å². The second-order valence-corrected chi connectivity index (χ2v) is 7.98. The quantitative estimate of drug-likeness (QED) is 0.332. The highest BCUT2D eigenvalue weighted by Gasteiger charge is 2.21. The Morgan fingerprint density at radius 3 is 2.53 bits per heavy atom. The highest BCUT2D eigenvalue weighted by Crippen LogP contribution is 2.28. The molecule has 2 aromatic heterocycles. The number of esters is 1. The average molecular weight is 441 g/mol. The van der Waals surface area contributed by atoms with Gasteiger partial charge in [0.2, 0.25) is 0 Å². The van der Waals surface area contributed by atoms with Crippen molar-refractivity contribution in [3.8, 4) is 11.5 Å². The predicted molar refractivity (Wildman–Crippen MR) is 117 cm³/mol. The number of thiophene rings is 1. The van der Waals surface area contributed by atoms with Gasteiger partial charge in [0.05, 0.1) is 25.4 Å². The van der Waals surface area contributed by atoms with Gasteiger partial charge in [-0.15, -0.1) is 11.3 Å². The third-order valence-corrected chi connectivity index (χ3v) is 6.22. The Morgan fingerprint density at radius 2 is 1.83 bits per heavy atom. The second kappa shape index (κ2) is 8.30. The van der Waals surface area contributed by atoms with E-state index in [-0.39, 0.29) is 5.56 Å². The summed E-state index contributed by atoms with van der Waals surface area (Å²) in [5.41, 5.74) is 1.14. The molecule has 0 fully saturated rings. The van der Waals surface area contributed by atoms with Crippen molar-refractivity contribution in [2.24, 2.45) is 0 Å². The molecule has 8 heteroatoms. The van der Waals surface area contributed by atoms with Crippen molar-refractivity contribution in [2.75, 3.05) is 7.11 Å². The van der Waals surface area contributed by atoms with E-state index >= 15 is 0 Å². The van der Waals surface area contributed by atoms with Crippen molar-refractivity contribution >= 4 is 39.1 Å². The molecule has 0 amide bonds. The van der Waals surface area contributed by atoms with Crippen molar-refractivity contribution in [1.29, 1.82) is 0 Å². The number of ether oxygens (including phenoxy) is 2. The first-order chi connectivity index (χ1) is 14.5. The Balaban J connectivity index is 1.66. The lowest BCUT2D eigenvalue weighted by Gasteiger charge is -2.07. The van der Waals surface area contributed by atoms with Crippen molar-refractivity contribution in [3.63, 3.8) is 0 Å². The largest absolute Gasteiger partial charge is 0.497 e. The maximum atomic E-state index is 13.1. The monoisotopic (exact) mass is 440 g/mol. The summed E-state index contributed by atoms with van der Waals surface area (Å²) in [5, 5.41) is 0.992. The standard InChI is InChI=1S/C22H17ClN2O4S/c1-13-18-20(24-12-25(21(18)26)11-14-5-3-4-6-17(14)23)30-19(13)22(27)29-16-9-7-15(28-2)8-10-16/h3-10,12H,11H2,1-2H3. The summed E-state index contributed by atoms with van der Waals surface area (Å²) in [4.78, 5) is 31.0. The molecule has 0 unspecified atom stereocenters. The molecule has 6 nitrogen and oxygen atoms in total. The molecule has 0 radical (unpaired) electrons. The van der Waals surface area contributed by atoms with E-state index in [4.69, 9.17) is 21.1 Å². The van der Waals surface area contributed by atoms with Gasteiger partial charge in [0, 0.05) is 5.02 Å². The average Bonchev–Trinajstić information content (AvgIpc) is 3.09. The summed E-state index contributed by atoms with van der Waals surface area (Å²) in [6.07, 6.45) is 1.47. The molecule has 0 atom stereocenters. The maximum absolute atomic E-state index is 13.1. The summed E-state index contributed by atoms with van der Waals surface area (Å²) >= 11 is 7.36. The first-order valence-corrected chi connectivity index (χ1v) is 10.3. The lowest BCUT2D eigenvalue weighted by Crippen LogP contribution is -2.21. The van der Waals surface area contributed by atoms with Crippen LogP contribution in [0.3, 0.4) is 0 Å². The Morgan fingerprint density at radius 1 is 1.13 bits per heavy atom. The summed E-state index contributed by atoms with van der Waals surface area (Å²) < 4.78 is 12.0. The molecule has 152 valence electrons. The van der Waals surface area contributed by atoms with Gasteiger partial charge >= 0.3 is 5.97 Å². The van der Waals surface area contributed by atoms with Crippen molar-refractivity contribution < 1.29 is 14.3 Å². The van der Waals surface area contributed by atoms with Crippen molar-refractivity contribution in [1.82, 2.24) is 9.55 Å². The minimum absolute atomic E-state index is 0.225. The van der Waals surface area contributed by atoms with Gasteiger partial charge in [0.25, 0.3) is 5.56 Å². The molecule has 2 aromatic carbocycles. The minimum atomic E-state index is -0.530. The molecule has 0 N–H and O–H groups in total. The number of methoxy groups -OCH3 is 1. The number of carbonyl (C=O) groups is 1. The van der Waals surface area contributed by atoms with E-state index in [0.29, 0.717) is 43.7 Å². The summed E-state index contributed by atoms with van der Waals surface area (Å²) in [5.74, 6) is 0.524.